The van der Waals surface area contributed by atoms with Crippen molar-refractivity contribution in [3.63, 3.8) is 0 Å². The van der Waals surface area contributed by atoms with Crippen LogP contribution in [0.15, 0.2) is 11.3 Å². The van der Waals surface area contributed by atoms with Crippen LogP contribution in [0.5, 0.6) is 0 Å². The van der Waals surface area contributed by atoms with E-state index in [0.717, 1.165) is 18.6 Å². The topological polar surface area (TPSA) is 26.3 Å². The molecule has 0 aromatic carbocycles. The molecular weight excluding hydrogens is 176 g/mol. The first-order valence-electron chi connectivity index (χ1n) is 5.20. The second-order valence-corrected chi connectivity index (χ2v) is 5.20. The van der Waals surface area contributed by atoms with E-state index in [1.165, 1.54) is 12.5 Å². The summed E-state index contributed by atoms with van der Waals surface area (Å²) in [6.45, 7) is 10.1. The molecule has 80 valence electrons. The highest BCUT2D eigenvalue weighted by Crippen LogP contribution is 2.43. The zero-order valence-electron chi connectivity index (χ0n) is 9.81. The highest BCUT2D eigenvalue weighted by atomic mass is 16.5. The van der Waals surface area contributed by atoms with Gasteiger partial charge >= 0.3 is 5.97 Å². The highest BCUT2D eigenvalue weighted by molar-refractivity contribution is 5.67. The first kappa shape index (κ1) is 11.3. The molecule has 2 heteroatoms. The lowest BCUT2D eigenvalue weighted by atomic mass is 9.79. The van der Waals surface area contributed by atoms with Gasteiger partial charge in [-0.3, -0.25) is 4.79 Å². The minimum absolute atomic E-state index is 0.183. The van der Waals surface area contributed by atoms with Gasteiger partial charge in [0, 0.05) is 12.8 Å². The van der Waals surface area contributed by atoms with Gasteiger partial charge in [-0.2, -0.15) is 0 Å². The SMILES string of the molecule is CC(=O)OC1=C(C)CCC1C(C)(C)C. The minimum atomic E-state index is -0.199. The van der Waals surface area contributed by atoms with E-state index in [0.29, 0.717) is 5.92 Å². The molecule has 0 heterocycles. The third kappa shape index (κ3) is 2.37. The molecule has 1 rings (SSSR count). The monoisotopic (exact) mass is 196 g/mol. The molecule has 0 fully saturated rings. The molecule has 14 heavy (non-hydrogen) atoms. The summed E-state index contributed by atoms with van der Waals surface area (Å²) in [4.78, 5) is 11.0. The van der Waals surface area contributed by atoms with Gasteiger partial charge in [0.2, 0.25) is 0 Å². The fourth-order valence-corrected chi connectivity index (χ4v) is 2.05. The third-order valence-electron chi connectivity index (χ3n) is 2.84. The molecule has 0 aliphatic heterocycles. The summed E-state index contributed by atoms with van der Waals surface area (Å²) >= 11 is 0. The summed E-state index contributed by atoms with van der Waals surface area (Å²) in [7, 11) is 0. The zero-order valence-corrected chi connectivity index (χ0v) is 9.81. The molecule has 0 spiro atoms. The molecule has 0 bridgehead atoms. The number of allylic oxidation sites excluding steroid dienone is 2. The van der Waals surface area contributed by atoms with Crippen molar-refractivity contribution in [2.24, 2.45) is 11.3 Å². The molecule has 0 saturated carbocycles. The Bertz CT molecular complexity index is 269. The van der Waals surface area contributed by atoms with Crippen LogP contribution in [-0.4, -0.2) is 5.97 Å². The molecule has 1 unspecified atom stereocenters. The number of carbonyl (C=O) groups is 1. The molecule has 0 aromatic rings. The number of rotatable bonds is 1. The van der Waals surface area contributed by atoms with Crippen molar-refractivity contribution in [3.8, 4) is 0 Å². The van der Waals surface area contributed by atoms with Crippen LogP contribution < -0.4 is 0 Å². The quantitative estimate of drug-likeness (QED) is 0.601. The molecule has 1 aliphatic carbocycles. The predicted octanol–water partition coefficient (Wildman–Crippen LogP) is 3.28. The van der Waals surface area contributed by atoms with Crippen molar-refractivity contribution >= 4 is 5.97 Å². The van der Waals surface area contributed by atoms with Crippen molar-refractivity contribution in [3.05, 3.63) is 11.3 Å². The fourth-order valence-electron chi connectivity index (χ4n) is 2.05. The van der Waals surface area contributed by atoms with E-state index in [-0.39, 0.29) is 11.4 Å². The van der Waals surface area contributed by atoms with E-state index in [2.05, 4.69) is 27.7 Å². The van der Waals surface area contributed by atoms with Crippen LogP contribution in [0, 0.1) is 11.3 Å². The van der Waals surface area contributed by atoms with Crippen molar-refractivity contribution in [1.29, 1.82) is 0 Å². The van der Waals surface area contributed by atoms with Gasteiger partial charge in [0.15, 0.2) is 0 Å². The Kier molecular flexibility index (Phi) is 3.03. The summed E-state index contributed by atoms with van der Waals surface area (Å²) in [6.07, 6.45) is 2.17. The lowest BCUT2D eigenvalue weighted by molar-refractivity contribution is -0.138. The van der Waals surface area contributed by atoms with Crippen molar-refractivity contribution in [2.45, 2.75) is 47.5 Å². The highest BCUT2D eigenvalue weighted by Gasteiger charge is 2.35. The maximum atomic E-state index is 11.0. The van der Waals surface area contributed by atoms with Crippen LogP contribution in [-0.2, 0) is 9.53 Å². The summed E-state index contributed by atoms with van der Waals surface area (Å²) in [5, 5.41) is 0. The fraction of sp³-hybridized carbons (Fsp3) is 0.750. The maximum absolute atomic E-state index is 11.0. The smallest absolute Gasteiger partial charge is 0.307 e. The number of ether oxygens (including phenoxy) is 1. The Morgan fingerprint density at radius 3 is 2.43 bits per heavy atom. The Hall–Kier alpha value is -0.790. The molecule has 1 aliphatic rings. The van der Waals surface area contributed by atoms with Crippen molar-refractivity contribution < 1.29 is 9.53 Å². The summed E-state index contributed by atoms with van der Waals surface area (Å²) in [5.41, 5.74) is 1.42. The number of esters is 1. The van der Waals surface area contributed by atoms with E-state index in [1.54, 1.807) is 0 Å². The number of hydrogen-bond donors (Lipinski definition) is 0. The van der Waals surface area contributed by atoms with E-state index < -0.39 is 0 Å². The summed E-state index contributed by atoms with van der Waals surface area (Å²) in [5.74, 6) is 1.12. The molecule has 0 amide bonds. The normalized spacial score (nSPS) is 22.8. The van der Waals surface area contributed by atoms with Gasteiger partial charge in [0.05, 0.1) is 0 Å². The summed E-state index contributed by atoms with van der Waals surface area (Å²) < 4.78 is 5.30. The van der Waals surface area contributed by atoms with Crippen molar-refractivity contribution in [2.75, 3.05) is 0 Å². The van der Waals surface area contributed by atoms with E-state index in [9.17, 15) is 4.79 Å². The van der Waals surface area contributed by atoms with Gasteiger partial charge in [-0.1, -0.05) is 20.8 Å². The lowest BCUT2D eigenvalue weighted by Gasteiger charge is -2.28. The van der Waals surface area contributed by atoms with E-state index >= 15 is 0 Å². The van der Waals surface area contributed by atoms with Crippen LogP contribution in [0.3, 0.4) is 0 Å². The average molecular weight is 196 g/mol. The van der Waals surface area contributed by atoms with Gasteiger partial charge in [-0.15, -0.1) is 0 Å². The molecule has 0 radical (unpaired) electrons. The molecule has 0 saturated heterocycles. The summed E-state index contributed by atoms with van der Waals surface area (Å²) in [6, 6.07) is 0. The van der Waals surface area contributed by atoms with Crippen LogP contribution >= 0.6 is 0 Å². The van der Waals surface area contributed by atoms with Gasteiger partial charge in [-0.25, -0.2) is 0 Å². The first-order valence-corrected chi connectivity index (χ1v) is 5.20. The maximum Gasteiger partial charge on any atom is 0.307 e. The number of hydrogen-bond acceptors (Lipinski definition) is 2. The van der Waals surface area contributed by atoms with E-state index in [4.69, 9.17) is 4.74 Å². The first-order chi connectivity index (χ1) is 6.32. The van der Waals surface area contributed by atoms with E-state index in [1.807, 2.05) is 0 Å². The molecule has 2 nitrogen and oxygen atoms in total. The predicted molar refractivity (Wildman–Crippen MR) is 56.6 cm³/mol. The Morgan fingerprint density at radius 2 is 2.00 bits per heavy atom. The molecule has 1 atom stereocenters. The molecule has 0 N–H and O–H groups in total. The van der Waals surface area contributed by atoms with Crippen molar-refractivity contribution in [1.82, 2.24) is 0 Å². The van der Waals surface area contributed by atoms with Crippen LogP contribution in [0.2, 0.25) is 0 Å². The van der Waals surface area contributed by atoms with Crippen LogP contribution in [0.4, 0.5) is 0 Å². The Morgan fingerprint density at radius 1 is 1.43 bits per heavy atom. The zero-order chi connectivity index (χ0) is 10.9. The number of carbonyl (C=O) groups excluding carboxylic acids is 1. The van der Waals surface area contributed by atoms with Gasteiger partial charge < -0.3 is 4.74 Å². The second kappa shape index (κ2) is 3.76. The van der Waals surface area contributed by atoms with Gasteiger partial charge in [0.1, 0.15) is 5.76 Å². The Balaban J connectivity index is 2.86. The Labute approximate surface area is 86.3 Å². The largest absolute Gasteiger partial charge is 0.431 e. The minimum Gasteiger partial charge on any atom is -0.431 e. The van der Waals surface area contributed by atoms with Crippen LogP contribution in [0.1, 0.15) is 47.5 Å². The molecule has 0 aromatic heterocycles. The lowest BCUT2D eigenvalue weighted by Crippen LogP contribution is -2.22. The average Bonchev–Trinajstić information content (AvgIpc) is 2.30. The van der Waals surface area contributed by atoms with Gasteiger partial charge in [0.25, 0.3) is 0 Å². The third-order valence-corrected chi connectivity index (χ3v) is 2.84. The van der Waals surface area contributed by atoms with Gasteiger partial charge in [-0.05, 0) is 30.8 Å². The standard InChI is InChI=1S/C12H20O2/c1-8-6-7-10(12(3,4)5)11(8)14-9(2)13/h10H,6-7H2,1-5H3. The van der Waals surface area contributed by atoms with Crippen LogP contribution in [0.25, 0.3) is 0 Å². The molecular formula is C12H20O2. The second-order valence-electron chi connectivity index (χ2n) is 5.20.